The second-order valence-corrected chi connectivity index (χ2v) is 15.7. The Balaban J connectivity index is 1.25. The van der Waals surface area contributed by atoms with Crippen LogP contribution in [0.15, 0.2) is 204 Å². The third-order valence-electron chi connectivity index (χ3n) is 11.8. The summed E-state index contributed by atoms with van der Waals surface area (Å²) in [6.45, 7) is 0. The van der Waals surface area contributed by atoms with Crippen molar-refractivity contribution in [2.45, 2.75) is 15.2 Å². The number of hydrogen-bond donors (Lipinski definition) is 0. The molecule has 2 aromatic heterocycles. The van der Waals surface area contributed by atoms with Gasteiger partial charge >= 0.3 is 0 Å². The maximum absolute atomic E-state index is 5.52. The summed E-state index contributed by atoms with van der Waals surface area (Å²) >= 11 is 1.90. The van der Waals surface area contributed by atoms with Crippen LogP contribution in [-0.4, -0.2) is 9.55 Å². The molecule has 3 heterocycles. The predicted octanol–water partition coefficient (Wildman–Crippen LogP) is 13.5. The fourth-order valence-corrected chi connectivity index (χ4v) is 10.8. The number of hydrogen-bond acceptors (Lipinski definition) is 2. The summed E-state index contributed by atoms with van der Waals surface area (Å²) in [5, 5.41) is 4.97. The quantitative estimate of drug-likeness (QED) is 0.181. The number of rotatable bonds is 3. The van der Waals surface area contributed by atoms with Crippen LogP contribution in [-0.2, 0) is 5.41 Å². The Bertz CT molecular complexity index is 3070. The summed E-state index contributed by atoms with van der Waals surface area (Å²) in [5.41, 5.74) is 14.1. The lowest BCUT2D eigenvalue weighted by Gasteiger charge is -2.39. The summed E-state index contributed by atoms with van der Waals surface area (Å²) in [6, 6.07) is 71.3. The summed E-state index contributed by atoms with van der Waals surface area (Å²) in [7, 11) is 0. The molecule has 10 aromatic rings. The maximum atomic E-state index is 5.52. The lowest BCUT2D eigenvalue weighted by atomic mass is 9.67. The van der Waals surface area contributed by atoms with Crippen LogP contribution in [0, 0.1) is 0 Å². The highest BCUT2D eigenvalue weighted by atomic mass is 32.2. The van der Waals surface area contributed by atoms with Gasteiger partial charge in [-0.2, -0.15) is 0 Å². The van der Waals surface area contributed by atoms with Gasteiger partial charge in [0, 0.05) is 26.1 Å². The average Bonchev–Trinajstić information content (AvgIpc) is 3.74. The second kappa shape index (κ2) is 11.7. The van der Waals surface area contributed by atoms with Crippen molar-refractivity contribution >= 4 is 44.3 Å². The van der Waals surface area contributed by atoms with Gasteiger partial charge in [0.1, 0.15) is 5.82 Å². The van der Waals surface area contributed by atoms with Crippen molar-refractivity contribution in [3.05, 3.63) is 216 Å². The number of benzene rings is 8. The molecular formula is C52H32N2S. The van der Waals surface area contributed by atoms with Crippen molar-refractivity contribution < 1.29 is 0 Å². The van der Waals surface area contributed by atoms with Crippen LogP contribution in [0.3, 0.4) is 0 Å². The molecule has 1 aliphatic carbocycles. The van der Waals surface area contributed by atoms with E-state index in [0.717, 1.165) is 39.2 Å². The largest absolute Gasteiger partial charge is 0.294 e. The standard InChI is InChI=1S/C52H32N2S/c1-3-15-33(16-4-1)36-29-45(35-18-5-2-6-19-35)53-50(30-36)54-46-28-27-34-17-7-8-20-37(34)51(46)40-31-49-44(32-47(40)54)52(43-25-13-14-26-48(43)55-49)41-23-11-9-21-38(41)39-22-10-12-24-42(39)52/h1-32H. The van der Waals surface area contributed by atoms with Crippen molar-refractivity contribution in [3.63, 3.8) is 0 Å². The fourth-order valence-electron chi connectivity index (χ4n) is 9.57. The van der Waals surface area contributed by atoms with Crippen molar-refractivity contribution in [2.24, 2.45) is 0 Å². The van der Waals surface area contributed by atoms with Crippen LogP contribution >= 0.6 is 11.8 Å². The molecule has 0 radical (unpaired) electrons. The van der Waals surface area contributed by atoms with Crippen molar-refractivity contribution in [1.82, 2.24) is 9.55 Å². The van der Waals surface area contributed by atoms with Gasteiger partial charge in [-0.15, -0.1) is 0 Å². The Hall–Kier alpha value is -6.68. The normalized spacial score (nSPS) is 13.5. The van der Waals surface area contributed by atoms with Crippen LogP contribution in [0.2, 0.25) is 0 Å². The Kier molecular flexibility index (Phi) is 6.52. The molecule has 0 bridgehead atoms. The van der Waals surface area contributed by atoms with Gasteiger partial charge in [0.15, 0.2) is 0 Å². The molecule has 1 aliphatic heterocycles. The van der Waals surface area contributed by atoms with Crippen LogP contribution in [0.5, 0.6) is 0 Å². The van der Waals surface area contributed by atoms with Gasteiger partial charge in [0.05, 0.1) is 22.1 Å². The molecule has 12 rings (SSSR count). The minimum absolute atomic E-state index is 0.476. The van der Waals surface area contributed by atoms with E-state index in [0.29, 0.717) is 0 Å². The zero-order valence-electron chi connectivity index (χ0n) is 29.8. The van der Waals surface area contributed by atoms with E-state index < -0.39 is 5.41 Å². The fraction of sp³-hybridized carbons (Fsp3) is 0.0192. The number of aromatic nitrogens is 2. The molecule has 8 aromatic carbocycles. The highest BCUT2D eigenvalue weighted by Gasteiger charge is 2.50. The SMILES string of the molecule is c1ccc(-c2cc(-c3ccccc3)nc(-n3c4cc5c(cc4c4c6ccccc6ccc43)Sc3ccccc3C53c4ccccc4-c4ccccc43)c2)cc1. The molecule has 3 heteroatoms. The molecule has 2 nitrogen and oxygen atoms in total. The van der Waals surface area contributed by atoms with E-state index in [2.05, 4.69) is 199 Å². The summed E-state index contributed by atoms with van der Waals surface area (Å²) in [4.78, 5) is 8.12. The molecule has 1 spiro atoms. The van der Waals surface area contributed by atoms with E-state index in [4.69, 9.17) is 4.98 Å². The minimum atomic E-state index is -0.476. The number of nitrogens with zero attached hydrogens (tertiary/aromatic N) is 2. The molecule has 0 amide bonds. The Morgan fingerprint density at radius 2 is 1.05 bits per heavy atom. The highest BCUT2D eigenvalue weighted by Crippen LogP contribution is 2.62. The van der Waals surface area contributed by atoms with Crippen molar-refractivity contribution in [1.29, 1.82) is 0 Å². The average molecular weight is 717 g/mol. The van der Waals surface area contributed by atoms with Gasteiger partial charge in [-0.1, -0.05) is 169 Å². The van der Waals surface area contributed by atoms with Crippen LogP contribution in [0.4, 0.5) is 0 Å². The summed E-state index contributed by atoms with van der Waals surface area (Å²) in [5.74, 6) is 0.903. The third kappa shape index (κ3) is 4.30. The van der Waals surface area contributed by atoms with Gasteiger partial charge in [-0.05, 0) is 91.7 Å². The van der Waals surface area contributed by atoms with Crippen LogP contribution in [0.25, 0.3) is 71.9 Å². The molecule has 0 fully saturated rings. The monoisotopic (exact) mass is 716 g/mol. The maximum Gasteiger partial charge on any atom is 0.138 e. The number of pyridine rings is 1. The first kappa shape index (κ1) is 30.7. The van der Waals surface area contributed by atoms with E-state index >= 15 is 0 Å². The molecule has 0 saturated heterocycles. The molecule has 2 aliphatic rings. The third-order valence-corrected chi connectivity index (χ3v) is 13.0. The van der Waals surface area contributed by atoms with E-state index in [1.54, 1.807) is 0 Å². The van der Waals surface area contributed by atoms with E-state index in [1.807, 2.05) is 11.8 Å². The first-order valence-corrected chi connectivity index (χ1v) is 19.7. The molecule has 55 heavy (non-hydrogen) atoms. The highest BCUT2D eigenvalue weighted by molar-refractivity contribution is 7.99. The van der Waals surface area contributed by atoms with Gasteiger partial charge in [0.2, 0.25) is 0 Å². The zero-order chi connectivity index (χ0) is 36.1. The Morgan fingerprint density at radius 1 is 0.418 bits per heavy atom. The first-order valence-electron chi connectivity index (χ1n) is 18.9. The topological polar surface area (TPSA) is 17.8 Å². The summed E-state index contributed by atoms with van der Waals surface area (Å²) < 4.78 is 2.43. The van der Waals surface area contributed by atoms with Crippen LogP contribution in [0.1, 0.15) is 22.3 Å². The lowest BCUT2D eigenvalue weighted by Crippen LogP contribution is -2.32. The lowest BCUT2D eigenvalue weighted by molar-refractivity contribution is 0.723. The smallest absolute Gasteiger partial charge is 0.138 e. The Morgan fingerprint density at radius 3 is 1.82 bits per heavy atom. The van der Waals surface area contributed by atoms with Crippen molar-refractivity contribution in [2.75, 3.05) is 0 Å². The van der Waals surface area contributed by atoms with Crippen molar-refractivity contribution in [3.8, 4) is 39.3 Å². The molecule has 0 saturated carbocycles. The van der Waals surface area contributed by atoms with E-state index in [-0.39, 0.29) is 0 Å². The summed E-state index contributed by atoms with van der Waals surface area (Å²) in [6.07, 6.45) is 0. The van der Waals surface area contributed by atoms with Gasteiger partial charge < -0.3 is 0 Å². The number of fused-ring (bicyclic) bond motifs is 14. The molecule has 256 valence electrons. The minimum Gasteiger partial charge on any atom is -0.294 e. The first-order chi connectivity index (χ1) is 27.3. The molecule has 0 N–H and O–H groups in total. The van der Waals surface area contributed by atoms with Gasteiger partial charge in [-0.3, -0.25) is 4.57 Å². The molecule has 0 atom stereocenters. The van der Waals surface area contributed by atoms with E-state index in [9.17, 15) is 0 Å². The zero-order valence-corrected chi connectivity index (χ0v) is 30.6. The molecule has 0 unspecified atom stereocenters. The predicted molar refractivity (Wildman–Crippen MR) is 228 cm³/mol. The van der Waals surface area contributed by atoms with E-state index in [1.165, 1.54) is 64.7 Å². The van der Waals surface area contributed by atoms with Gasteiger partial charge in [0.25, 0.3) is 0 Å². The molecular weight excluding hydrogens is 685 g/mol. The second-order valence-electron chi connectivity index (χ2n) is 14.7. The van der Waals surface area contributed by atoms with Crippen LogP contribution < -0.4 is 0 Å². The van der Waals surface area contributed by atoms with Gasteiger partial charge in [-0.25, -0.2) is 4.98 Å². The Labute approximate surface area is 323 Å².